The number of hydrogen-bond donors (Lipinski definition) is 1. The zero-order valence-corrected chi connectivity index (χ0v) is 14.0. The average molecular weight is 328 g/mol. The highest BCUT2D eigenvalue weighted by molar-refractivity contribution is 9.10. The highest BCUT2D eigenvalue weighted by Crippen LogP contribution is 2.29. The van der Waals surface area contributed by atoms with Crippen molar-refractivity contribution in [3.8, 4) is 0 Å². The standard InChI is InChI=1S/C15H26BrN3/c1-4-13-15(16)14(19(3)18-13)10-17-9-12-8-6-5-7-11(12)2/h11-12,17H,4-10H2,1-3H3. The van der Waals surface area contributed by atoms with Gasteiger partial charge in [0, 0.05) is 13.6 Å². The van der Waals surface area contributed by atoms with Crippen molar-refractivity contribution in [2.45, 2.75) is 52.5 Å². The molecule has 0 spiro atoms. The molecule has 2 rings (SSSR count). The quantitative estimate of drug-likeness (QED) is 0.894. The van der Waals surface area contributed by atoms with Crippen LogP contribution >= 0.6 is 15.9 Å². The van der Waals surface area contributed by atoms with Gasteiger partial charge in [0.15, 0.2) is 0 Å². The van der Waals surface area contributed by atoms with Crippen LogP contribution in [0, 0.1) is 11.8 Å². The molecule has 1 aromatic heterocycles. The summed E-state index contributed by atoms with van der Waals surface area (Å²) in [4.78, 5) is 0. The number of aryl methyl sites for hydroxylation is 2. The Morgan fingerprint density at radius 2 is 2.11 bits per heavy atom. The van der Waals surface area contributed by atoms with Crippen LogP contribution in [0.25, 0.3) is 0 Å². The molecule has 1 heterocycles. The lowest BCUT2D eigenvalue weighted by molar-refractivity contribution is 0.247. The summed E-state index contributed by atoms with van der Waals surface area (Å²) in [6.07, 6.45) is 6.60. The molecule has 0 saturated heterocycles. The number of hydrogen-bond acceptors (Lipinski definition) is 2. The molecule has 108 valence electrons. The third-order valence-corrected chi connectivity index (χ3v) is 5.41. The Morgan fingerprint density at radius 1 is 1.37 bits per heavy atom. The fraction of sp³-hybridized carbons (Fsp3) is 0.800. The zero-order valence-electron chi connectivity index (χ0n) is 12.4. The maximum atomic E-state index is 4.54. The summed E-state index contributed by atoms with van der Waals surface area (Å²) in [6, 6.07) is 0. The number of rotatable bonds is 5. The van der Waals surface area contributed by atoms with Crippen LogP contribution in [-0.2, 0) is 20.0 Å². The Balaban J connectivity index is 1.87. The largest absolute Gasteiger partial charge is 0.311 e. The molecule has 1 fully saturated rings. The number of nitrogens with one attached hydrogen (secondary N) is 1. The van der Waals surface area contributed by atoms with Gasteiger partial charge in [-0.25, -0.2) is 0 Å². The van der Waals surface area contributed by atoms with Gasteiger partial charge in [0.1, 0.15) is 0 Å². The molecule has 19 heavy (non-hydrogen) atoms. The van der Waals surface area contributed by atoms with E-state index >= 15 is 0 Å². The molecule has 0 radical (unpaired) electrons. The van der Waals surface area contributed by atoms with Gasteiger partial charge in [-0.1, -0.05) is 33.1 Å². The number of halogens is 1. The first-order chi connectivity index (χ1) is 9.13. The second kappa shape index (κ2) is 6.89. The second-order valence-electron chi connectivity index (χ2n) is 5.84. The van der Waals surface area contributed by atoms with Gasteiger partial charge >= 0.3 is 0 Å². The van der Waals surface area contributed by atoms with E-state index in [1.165, 1.54) is 35.8 Å². The lowest BCUT2D eigenvalue weighted by Crippen LogP contribution is -2.29. The maximum Gasteiger partial charge on any atom is 0.0767 e. The van der Waals surface area contributed by atoms with Crippen LogP contribution in [0.5, 0.6) is 0 Å². The van der Waals surface area contributed by atoms with Crippen LogP contribution < -0.4 is 5.32 Å². The van der Waals surface area contributed by atoms with E-state index in [1.807, 2.05) is 11.7 Å². The second-order valence-corrected chi connectivity index (χ2v) is 6.63. The minimum atomic E-state index is 0.853. The number of nitrogens with zero attached hydrogens (tertiary/aromatic N) is 2. The molecule has 2 atom stereocenters. The van der Waals surface area contributed by atoms with E-state index in [-0.39, 0.29) is 0 Å². The van der Waals surface area contributed by atoms with Gasteiger partial charge in [0.2, 0.25) is 0 Å². The summed E-state index contributed by atoms with van der Waals surface area (Å²) in [6.45, 7) is 6.60. The molecule has 1 aliphatic rings. The molecule has 0 amide bonds. The predicted octanol–water partition coefficient (Wildman–Crippen LogP) is 3.66. The molecule has 4 heteroatoms. The smallest absolute Gasteiger partial charge is 0.0767 e. The van der Waals surface area contributed by atoms with Gasteiger partial charge in [-0.2, -0.15) is 5.10 Å². The molecule has 1 aromatic rings. The fourth-order valence-corrected chi connectivity index (χ4v) is 3.84. The molecule has 1 aliphatic carbocycles. The van der Waals surface area contributed by atoms with E-state index in [9.17, 15) is 0 Å². The Labute approximate surface area is 125 Å². The zero-order chi connectivity index (χ0) is 13.8. The monoisotopic (exact) mass is 327 g/mol. The van der Waals surface area contributed by atoms with Crippen molar-refractivity contribution in [1.29, 1.82) is 0 Å². The van der Waals surface area contributed by atoms with Gasteiger partial charge in [-0.15, -0.1) is 0 Å². The van der Waals surface area contributed by atoms with Crippen molar-refractivity contribution < 1.29 is 0 Å². The normalized spacial score (nSPS) is 23.8. The topological polar surface area (TPSA) is 29.9 Å². The molecule has 3 nitrogen and oxygen atoms in total. The van der Waals surface area contributed by atoms with Crippen LogP contribution in [0.3, 0.4) is 0 Å². The first-order valence-corrected chi connectivity index (χ1v) is 8.33. The Morgan fingerprint density at radius 3 is 2.74 bits per heavy atom. The molecule has 0 bridgehead atoms. The maximum absolute atomic E-state index is 4.54. The van der Waals surface area contributed by atoms with Crippen molar-refractivity contribution in [3.05, 3.63) is 15.9 Å². The molecule has 1 saturated carbocycles. The first kappa shape index (κ1) is 15.0. The lowest BCUT2D eigenvalue weighted by Gasteiger charge is -2.28. The lowest BCUT2D eigenvalue weighted by atomic mass is 9.80. The van der Waals surface area contributed by atoms with Crippen molar-refractivity contribution >= 4 is 15.9 Å². The SMILES string of the molecule is CCc1nn(C)c(CNCC2CCCCC2C)c1Br. The fourth-order valence-electron chi connectivity index (χ4n) is 3.08. The van der Waals surface area contributed by atoms with Gasteiger partial charge in [-0.05, 0) is 47.2 Å². The highest BCUT2D eigenvalue weighted by atomic mass is 79.9. The summed E-state index contributed by atoms with van der Waals surface area (Å²) in [5.74, 6) is 1.73. The van der Waals surface area contributed by atoms with E-state index < -0.39 is 0 Å². The van der Waals surface area contributed by atoms with Crippen LogP contribution in [0.4, 0.5) is 0 Å². The van der Waals surface area contributed by atoms with E-state index in [2.05, 4.69) is 40.2 Å². The summed E-state index contributed by atoms with van der Waals surface area (Å²) < 4.78 is 3.18. The van der Waals surface area contributed by atoms with E-state index in [4.69, 9.17) is 0 Å². The minimum absolute atomic E-state index is 0.853. The van der Waals surface area contributed by atoms with Crippen LogP contribution in [-0.4, -0.2) is 16.3 Å². The molecule has 2 unspecified atom stereocenters. The minimum Gasteiger partial charge on any atom is -0.311 e. The third-order valence-electron chi connectivity index (χ3n) is 4.49. The third kappa shape index (κ3) is 3.60. The van der Waals surface area contributed by atoms with Gasteiger partial charge in [0.05, 0.1) is 15.9 Å². The Bertz CT molecular complexity index is 414. The van der Waals surface area contributed by atoms with E-state index in [0.29, 0.717) is 0 Å². The predicted molar refractivity (Wildman–Crippen MR) is 83.1 cm³/mol. The molecular weight excluding hydrogens is 302 g/mol. The van der Waals surface area contributed by atoms with Gasteiger partial charge < -0.3 is 5.32 Å². The van der Waals surface area contributed by atoms with Crippen LogP contribution in [0.15, 0.2) is 4.47 Å². The highest BCUT2D eigenvalue weighted by Gasteiger charge is 2.21. The van der Waals surface area contributed by atoms with Crippen molar-refractivity contribution in [2.75, 3.05) is 6.54 Å². The Hall–Kier alpha value is -0.350. The van der Waals surface area contributed by atoms with Gasteiger partial charge in [0.25, 0.3) is 0 Å². The van der Waals surface area contributed by atoms with Crippen molar-refractivity contribution in [3.63, 3.8) is 0 Å². The summed E-state index contributed by atoms with van der Waals surface area (Å²) >= 11 is 3.68. The summed E-state index contributed by atoms with van der Waals surface area (Å²) in [5, 5.41) is 8.17. The molecule has 0 aliphatic heterocycles. The summed E-state index contributed by atoms with van der Waals surface area (Å²) in [5.41, 5.74) is 2.42. The van der Waals surface area contributed by atoms with Gasteiger partial charge in [-0.3, -0.25) is 4.68 Å². The average Bonchev–Trinajstić information content (AvgIpc) is 2.68. The van der Waals surface area contributed by atoms with Crippen LogP contribution in [0.1, 0.15) is 50.9 Å². The van der Waals surface area contributed by atoms with Crippen molar-refractivity contribution in [2.24, 2.45) is 18.9 Å². The Kier molecular flexibility index (Phi) is 5.46. The van der Waals surface area contributed by atoms with Crippen molar-refractivity contribution in [1.82, 2.24) is 15.1 Å². The van der Waals surface area contributed by atoms with E-state index in [0.717, 1.165) is 37.0 Å². The summed E-state index contributed by atoms with van der Waals surface area (Å²) in [7, 11) is 2.03. The molecular formula is C15H26BrN3. The molecule has 1 N–H and O–H groups in total. The first-order valence-electron chi connectivity index (χ1n) is 7.54. The van der Waals surface area contributed by atoms with Crippen LogP contribution in [0.2, 0.25) is 0 Å². The molecule has 0 aromatic carbocycles. The van der Waals surface area contributed by atoms with E-state index in [1.54, 1.807) is 0 Å². The number of aromatic nitrogens is 2.